The number of amides is 2. The van der Waals surface area contributed by atoms with E-state index in [1.807, 2.05) is 0 Å². The smallest absolute Gasteiger partial charge is 0.315 e. The predicted molar refractivity (Wildman–Crippen MR) is 87.9 cm³/mol. The highest BCUT2D eigenvalue weighted by atomic mass is 16.5. The van der Waals surface area contributed by atoms with Crippen LogP contribution < -0.4 is 20.1 Å². The summed E-state index contributed by atoms with van der Waals surface area (Å²) in [7, 11) is 2.94. The van der Waals surface area contributed by atoms with Gasteiger partial charge in [-0.15, -0.1) is 0 Å². The summed E-state index contributed by atoms with van der Waals surface area (Å²) in [5, 5.41) is 15.6. The van der Waals surface area contributed by atoms with Crippen LogP contribution in [0.2, 0.25) is 0 Å². The predicted octanol–water partition coefficient (Wildman–Crippen LogP) is 2.56. The van der Waals surface area contributed by atoms with E-state index in [2.05, 4.69) is 22.8 Å². The van der Waals surface area contributed by atoms with Crippen molar-refractivity contribution in [1.29, 1.82) is 0 Å². The van der Waals surface area contributed by atoms with E-state index < -0.39 is 0 Å². The summed E-state index contributed by atoms with van der Waals surface area (Å²) in [4.78, 5) is 11.9. The molecule has 1 aliphatic rings. The molecule has 0 radical (unpaired) electrons. The Hall–Kier alpha value is -2.37. The zero-order chi connectivity index (χ0) is 16.7. The lowest BCUT2D eigenvalue weighted by molar-refractivity contribution is 0.238. The topological polar surface area (TPSA) is 79.8 Å². The first-order chi connectivity index (χ1) is 11.1. The van der Waals surface area contributed by atoms with Gasteiger partial charge in [0.2, 0.25) is 5.75 Å². The third-order valence-corrected chi connectivity index (χ3v) is 3.92. The number of ether oxygens (including phenoxy) is 2. The highest BCUT2D eigenvalue weighted by Gasteiger charge is 2.13. The number of allylic oxidation sites excluding steroid dienone is 2. The molecule has 0 fully saturated rings. The van der Waals surface area contributed by atoms with Gasteiger partial charge in [0.25, 0.3) is 0 Å². The van der Waals surface area contributed by atoms with E-state index in [4.69, 9.17) is 9.47 Å². The number of urea groups is 1. The maximum absolute atomic E-state index is 11.9. The Morgan fingerprint density at radius 2 is 1.91 bits per heavy atom. The first-order valence-electron chi connectivity index (χ1n) is 7.74. The molecule has 1 aliphatic carbocycles. The lowest BCUT2D eigenvalue weighted by Gasteiger charge is -2.18. The van der Waals surface area contributed by atoms with Crippen molar-refractivity contribution in [3.63, 3.8) is 0 Å². The Balaban J connectivity index is 1.84. The summed E-state index contributed by atoms with van der Waals surface area (Å²) in [6, 6.07) is 3.14. The number of hydrogen-bond donors (Lipinski definition) is 3. The van der Waals surface area contributed by atoms with Crippen molar-refractivity contribution in [3.8, 4) is 17.2 Å². The number of hydrogen-bond acceptors (Lipinski definition) is 4. The Labute approximate surface area is 136 Å². The minimum absolute atomic E-state index is 0.0476. The number of benzene rings is 1. The number of nitrogens with one attached hydrogen (secondary N) is 2. The summed E-state index contributed by atoms with van der Waals surface area (Å²) in [5.74, 6) is 1.10. The fraction of sp³-hybridized carbons (Fsp3) is 0.471. The highest BCUT2D eigenvalue weighted by molar-refractivity contribution is 5.73. The zero-order valence-corrected chi connectivity index (χ0v) is 13.6. The fourth-order valence-corrected chi connectivity index (χ4v) is 2.57. The molecule has 1 aromatic rings. The van der Waals surface area contributed by atoms with Crippen LogP contribution in [0.4, 0.5) is 4.79 Å². The zero-order valence-electron chi connectivity index (χ0n) is 13.6. The maximum Gasteiger partial charge on any atom is 0.315 e. The van der Waals surface area contributed by atoms with Crippen LogP contribution in [0.3, 0.4) is 0 Å². The number of carbonyl (C=O) groups excluding carboxylic acids is 1. The van der Waals surface area contributed by atoms with Gasteiger partial charge >= 0.3 is 6.03 Å². The maximum atomic E-state index is 11.9. The number of rotatable bonds is 6. The number of methoxy groups -OCH3 is 2. The molecule has 3 N–H and O–H groups in total. The van der Waals surface area contributed by atoms with Crippen LogP contribution >= 0.6 is 0 Å². The SMILES string of the molecule is COc1cc(CNC(=O)NC[C@H]2CC=CCC2)cc(OC)c1O. The van der Waals surface area contributed by atoms with Crippen molar-refractivity contribution in [1.82, 2.24) is 10.6 Å². The second kappa shape index (κ2) is 8.31. The largest absolute Gasteiger partial charge is 0.502 e. The van der Waals surface area contributed by atoms with E-state index in [9.17, 15) is 9.90 Å². The Morgan fingerprint density at radius 1 is 1.22 bits per heavy atom. The number of aromatic hydroxyl groups is 1. The number of carbonyl (C=O) groups is 1. The van der Waals surface area contributed by atoms with Crippen LogP contribution in [0.25, 0.3) is 0 Å². The molecule has 0 aliphatic heterocycles. The summed E-state index contributed by atoms with van der Waals surface area (Å²) < 4.78 is 10.2. The van der Waals surface area contributed by atoms with Crippen LogP contribution in [0, 0.1) is 5.92 Å². The van der Waals surface area contributed by atoms with Crippen LogP contribution in [0.5, 0.6) is 17.2 Å². The first kappa shape index (κ1) is 17.0. The first-order valence-corrected chi connectivity index (χ1v) is 7.74. The third kappa shape index (κ3) is 4.81. The van der Waals surface area contributed by atoms with Gasteiger partial charge < -0.3 is 25.2 Å². The van der Waals surface area contributed by atoms with Crippen LogP contribution in [-0.4, -0.2) is 31.9 Å². The molecular weight excluding hydrogens is 296 g/mol. The van der Waals surface area contributed by atoms with E-state index in [-0.39, 0.29) is 11.8 Å². The van der Waals surface area contributed by atoms with Gasteiger partial charge in [0.1, 0.15) is 0 Å². The van der Waals surface area contributed by atoms with Gasteiger partial charge in [-0.2, -0.15) is 0 Å². The second-order valence-electron chi connectivity index (χ2n) is 5.56. The minimum atomic E-state index is -0.203. The molecule has 0 heterocycles. The van der Waals surface area contributed by atoms with Gasteiger partial charge in [-0.3, -0.25) is 0 Å². The molecule has 126 valence electrons. The molecule has 0 saturated heterocycles. The fourth-order valence-electron chi connectivity index (χ4n) is 2.57. The van der Waals surface area contributed by atoms with Gasteiger partial charge in [0.15, 0.2) is 11.5 Å². The van der Waals surface area contributed by atoms with Crippen molar-refractivity contribution >= 4 is 6.03 Å². The molecule has 1 aromatic carbocycles. The van der Waals surface area contributed by atoms with Crippen molar-refractivity contribution in [3.05, 3.63) is 29.8 Å². The molecule has 0 bridgehead atoms. The third-order valence-electron chi connectivity index (χ3n) is 3.92. The van der Waals surface area contributed by atoms with Gasteiger partial charge in [-0.1, -0.05) is 12.2 Å². The van der Waals surface area contributed by atoms with Crippen molar-refractivity contribution < 1.29 is 19.4 Å². The normalized spacial score (nSPS) is 16.7. The van der Waals surface area contributed by atoms with Gasteiger partial charge in [-0.25, -0.2) is 4.79 Å². The molecule has 0 saturated carbocycles. The van der Waals surface area contributed by atoms with E-state index in [1.165, 1.54) is 14.2 Å². The lowest BCUT2D eigenvalue weighted by Crippen LogP contribution is -2.38. The molecule has 23 heavy (non-hydrogen) atoms. The molecule has 0 spiro atoms. The Bertz CT molecular complexity index is 547. The summed E-state index contributed by atoms with van der Waals surface area (Å²) >= 11 is 0. The van der Waals surface area contributed by atoms with Crippen LogP contribution in [0.15, 0.2) is 24.3 Å². The molecule has 0 aromatic heterocycles. The number of phenols is 1. The summed E-state index contributed by atoms with van der Waals surface area (Å²) in [5.41, 5.74) is 0.784. The van der Waals surface area contributed by atoms with E-state index in [1.54, 1.807) is 12.1 Å². The number of phenolic OH excluding ortho intramolecular Hbond substituents is 1. The molecular formula is C17H24N2O4. The Morgan fingerprint density at radius 3 is 2.48 bits per heavy atom. The van der Waals surface area contributed by atoms with E-state index in [0.717, 1.165) is 24.8 Å². The molecule has 2 amide bonds. The molecule has 0 unspecified atom stereocenters. The lowest BCUT2D eigenvalue weighted by atomic mass is 9.94. The van der Waals surface area contributed by atoms with Crippen molar-refractivity contribution in [2.45, 2.75) is 25.8 Å². The average molecular weight is 320 g/mol. The van der Waals surface area contributed by atoms with Gasteiger partial charge in [0, 0.05) is 13.1 Å². The monoisotopic (exact) mass is 320 g/mol. The molecule has 1 atom stereocenters. The molecule has 6 heteroatoms. The average Bonchev–Trinajstić information content (AvgIpc) is 2.59. The van der Waals surface area contributed by atoms with E-state index >= 15 is 0 Å². The highest BCUT2D eigenvalue weighted by Crippen LogP contribution is 2.36. The quantitative estimate of drug-likeness (QED) is 0.704. The van der Waals surface area contributed by atoms with Gasteiger partial charge in [-0.05, 0) is 42.9 Å². The standard InChI is InChI=1S/C17H24N2O4/c1-22-14-8-13(9-15(23-2)16(14)20)11-19-17(21)18-10-12-6-4-3-5-7-12/h3-4,8-9,12,20H,5-7,10-11H2,1-2H3,(H2,18,19,21)/t12-/m0/s1. The Kier molecular flexibility index (Phi) is 6.14. The summed E-state index contributed by atoms with van der Waals surface area (Å²) in [6.07, 6.45) is 7.57. The molecule has 2 rings (SSSR count). The van der Waals surface area contributed by atoms with Crippen LogP contribution in [-0.2, 0) is 6.54 Å². The summed E-state index contributed by atoms with van der Waals surface area (Å²) in [6.45, 7) is 1.00. The molecule has 6 nitrogen and oxygen atoms in total. The van der Waals surface area contributed by atoms with E-state index in [0.29, 0.717) is 30.5 Å². The van der Waals surface area contributed by atoms with Crippen LogP contribution in [0.1, 0.15) is 24.8 Å². The van der Waals surface area contributed by atoms with Gasteiger partial charge in [0.05, 0.1) is 14.2 Å². The van der Waals surface area contributed by atoms with Crippen molar-refractivity contribution in [2.75, 3.05) is 20.8 Å². The minimum Gasteiger partial charge on any atom is -0.502 e. The second-order valence-corrected chi connectivity index (χ2v) is 5.56. The van der Waals surface area contributed by atoms with Crippen molar-refractivity contribution in [2.24, 2.45) is 5.92 Å².